The fourth-order valence-electron chi connectivity index (χ4n) is 2.64. The van der Waals surface area contributed by atoms with Gasteiger partial charge in [-0.3, -0.25) is 0 Å². The van der Waals surface area contributed by atoms with E-state index < -0.39 is 10.0 Å². The summed E-state index contributed by atoms with van der Waals surface area (Å²) in [7, 11) is -3.59. The molecule has 0 aliphatic carbocycles. The molecule has 0 spiro atoms. The maximum absolute atomic E-state index is 12.6. The number of anilines is 1. The van der Waals surface area contributed by atoms with E-state index in [9.17, 15) is 8.42 Å². The van der Waals surface area contributed by atoms with Gasteiger partial charge in [0.05, 0.1) is 30.3 Å². The molecular formula is C17H22N4O3S. The fraction of sp³-hybridized carbons (Fsp3) is 0.412. The number of aryl methyl sites for hydroxylation is 2. The van der Waals surface area contributed by atoms with E-state index in [0.717, 1.165) is 24.2 Å². The van der Waals surface area contributed by atoms with Gasteiger partial charge in [-0.1, -0.05) is 12.1 Å². The number of hydrogen-bond acceptors (Lipinski definition) is 6. The normalized spacial score (nSPS) is 15.4. The number of rotatable bonds is 5. The van der Waals surface area contributed by atoms with Crippen LogP contribution < -0.4 is 9.62 Å². The minimum Gasteiger partial charge on any atom is -0.378 e. The van der Waals surface area contributed by atoms with Gasteiger partial charge in [0, 0.05) is 19.3 Å². The summed E-state index contributed by atoms with van der Waals surface area (Å²) in [5.41, 5.74) is 2.25. The highest BCUT2D eigenvalue weighted by Crippen LogP contribution is 2.17. The quantitative estimate of drug-likeness (QED) is 0.866. The van der Waals surface area contributed by atoms with Gasteiger partial charge >= 0.3 is 0 Å². The van der Waals surface area contributed by atoms with Crippen LogP contribution in [0.15, 0.2) is 35.4 Å². The molecular weight excluding hydrogens is 340 g/mol. The van der Waals surface area contributed by atoms with E-state index in [1.807, 2.05) is 24.0 Å². The predicted molar refractivity (Wildman–Crippen MR) is 95.0 cm³/mol. The highest BCUT2D eigenvalue weighted by atomic mass is 32.2. The van der Waals surface area contributed by atoms with E-state index in [4.69, 9.17) is 4.74 Å². The second-order valence-corrected chi connectivity index (χ2v) is 7.78. The molecule has 25 heavy (non-hydrogen) atoms. The van der Waals surface area contributed by atoms with Crippen LogP contribution in [0, 0.1) is 13.8 Å². The van der Waals surface area contributed by atoms with Crippen molar-refractivity contribution in [1.82, 2.24) is 14.7 Å². The van der Waals surface area contributed by atoms with E-state index >= 15 is 0 Å². The van der Waals surface area contributed by atoms with E-state index in [1.54, 1.807) is 25.3 Å². The zero-order valence-corrected chi connectivity index (χ0v) is 15.2. The molecule has 1 N–H and O–H groups in total. The number of benzene rings is 1. The predicted octanol–water partition coefficient (Wildman–Crippen LogP) is 1.41. The average Bonchev–Trinajstić information content (AvgIpc) is 2.63. The van der Waals surface area contributed by atoms with E-state index in [0.29, 0.717) is 29.8 Å². The van der Waals surface area contributed by atoms with Crippen molar-refractivity contribution in [2.45, 2.75) is 25.3 Å². The molecule has 0 radical (unpaired) electrons. The maximum Gasteiger partial charge on any atom is 0.241 e. The lowest BCUT2D eigenvalue weighted by molar-refractivity contribution is 0.122. The Bertz CT molecular complexity index is 849. The summed E-state index contributed by atoms with van der Waals surface area (Å²) in [4.78, 5) is 11.1. The number of aromatic nitrogens is 2. The first-order chi connectivity index (χ1) is 12.0. The Morgan fingerprint density at radius 3 is 2.72 bits per heavy atom. The minimum atomic E-state index is -3.59. The van der Waals surface area contributed by atoms with Gasteiger partial charge in [0.1, 0.15) is 0 Å². The number of nitrogens with zero attached hydrogens (tertiary/aromatic N) is 3. The second-order valence-electron chi connectivity index (χ2n) is 6.04. The van der Waals surface area contributed by atoms with Gasteiger partial charge in [-0.25, -0.2) is 23.1 Å². The van der Waals surface area contributed by atoms with Crippen LogP contribution in [0.3, 0.4) is 0 Å². The smallest absolute Gasteiger partial charge is 0.241 e. The first-order valence-electron chi connectivity index (χ1n) is 8.17. The van der Waals surface area contributed by atoms with Gasteiger partial charge < -0.3 is 9.64 Å². The van der Waals surface area contributed by atoms with Crippen LogP contribution in [0.4, 0.5) is 5.95 Å². The lowest BCUT2D eigenvalue weighted by Gasteiger charge is -2.26. The number of nitrogens with one attached hydrogen (secondary N) is 1. The standard InChI is InChI=1S/C17H22N4O3S/c1-13-3-4-14(2)16(11-13)25(22,23)19-12-15-5-6-18-17(20-15)21-7-9-24-10-8-21/h3-6,11,19H,7-10,12H2,1-2H3. The highest BCUT2D eigenvalue weighted by Gasteiger charge is 2.18. The lowest BCUT2D eigenvalue weighted by Crippen LogP contribution is -2.37. The number of hydrogen-bond donors (Lipinski definition) is 1. The summed E-state index contributed by atoms with van der Waals surface area (Å²) in [6, 6.07) is 7.10. The van der Waals surface area contributed by atoms with E-state index in [-0.39, 0.29) is 6.54 Å². The van der Waals surface area contributed by atoms with Crippen molar-refractivity contribution in [3.63, 3.8) is 0 Å². The van der Waals surface area contributed by atoms with Crippen molar-refractivity contribution in [3.05, 3.63) is 47.3 Å². The first kappa shape index (κ1) is 17.8. The molecule has 1 aliphatic rings. The van der Waals surface area contributed by atoms with Crippen LogP contribution in [-0.2, 0) is 21.3 Å². The Labute approximate surface area is 148 Å². The third-order valence-corrected chi connectivity index (χ3v) is 5.61. The summed E-state index contributed by atoms with van der Waals surface area (Å²) in [5, 5.41) is 0. The van der Waals surface area contributed by atoms with Crippen LogP contribution >= 0.6 is 0 Å². The van der Waals surface area contributed by atoms with Gasteiger partial charge in [-0.05, 0) is 37.1 Å². The summed E-state index contributed by atoms with van der Waals surface area (Å²) >= 11 is 0. The minimum absolute atomic E-state index is 0.121. The zero-order valence-electron chi connectivity index (χ0n) is 14.4. The summed E-state index contributed by atoms with van der Waals surface area (Å²) in [5.74, 6) is 0.603. The molecule has 1 saturated heterocycles. The molecule has 7 nitrogen and oxygen atoms in total. The van der Waals surface area contributed by atoms with Gasteiger partial charge in [-0.15, -0.1) is 0 Å². The molecule has 0 amide bonds. The molecule has 2 heterocycles. The molecule has 0 bridgehead atoms. The molecule has 1 aromatic carbocycles. The molecule has 8 heteroatoms. The SMILES string of the molecule is Cc1ccc(C)c(S(=O)(=O)NCc2ccnc(N3CCOCC3)n2)c1. The molecule has 0 unspecified atom stereocenters. The number of sulfonamides is 1. The summed E-state index contributed by atoms with van der Waals surface area (Å²) in [6.45, 7) is 6.54. The van der Waals surface area contributed by atoms with Gasteiger partial charge in [0.2, 0.25) is 16.0 Å². The Kier molecular flexibility index (Phi) is 5.31. The van der Waals surface area contributed by atoms with Crippen molar-refractivity contribution in [2.24, 2.45) is 0 Å². The fourth-order valence-corrected chi connectivity index (χ4v) is 3.97. The first-order valence-corrected chi connectivity index (χ1v) is 9.65. The van der Waals surface area contributed by atoms with Crippen LogP contribution in [0.5, 0.6) is 0 Å². The van der Waals surface area contributed by atoms with Crippen LogP contribution in [0.1, 0.15) is 16.8 Å². The summed E-state index contributed by atoms with van der Waals surface area (Å²) in [6.07, 6.45) is 1.65. The second kappa shape index (κ2) is 7.47. The Hall–Kier alpha value is -2.03. The molecule has 0 saturated carbocycles. The summed E-state index contributed by atoms with van der Waals surface area (Å²) < 4.78 is 33.1. The average molecular weight is 362 g/mol. The monoisotopic (exact) mass is 362 g/mol. The van der Waals surface area contributed by atoms with E-state index in [1.165, 1.54) is 0 Å². The number of morpholine rings is 1. The maximum atomic E-state index is 12.6. The Morgan fingerprint density at radius 2 is 1.96 bits per heavy atom. The van der Waals surface area contributed by atoms with Crippen molar-refractivity contribution < 1.29 is 13.2 Å². The highest BCUT2D eigenvalue weighted by molar-refractivity contribution is 7.89. The van der Waals surface area contributed by atoms with Gasteiger partial charge in [0.15, 0.2) is 0 Å². The van der Waals surface area contributed by atoms with Crippen LogP contribution in [0.2, 0.25) is 0 Å². The Morgan fingerprint density at radius 1 is 1.20 bits per heavy atom. The van der Waals surface area contributed by atoms with Crippen molar-refractivity contribution in [2.75, 3.05) is 31.2 Å². The van der Waals surface area contributed by atoms with E-state index in [2.05, 4.69) is 14.7 Å². The topological polar surface area (TPSA) is 84.4 Å². The lowest BCUT2D eigenvalue weighted by atomic mass is 10.2. The molecule has 2 aromatic rings. The van der Waals surface area contributed by atoms with Crippen LogP contribution in [-0.4, -0.2) is 44.7 Å². The number of ether oxygens (including phenoxy) is 1. The molecule has 1 aromatic heterocycles. The molecule has 3 rings (SSSR count). The van der Waals surface area contributed by atoms with Gasteiger partial charge in [-0.2, -0.15) is 0 Å². The van der Waals surface area contributed by atoms with Crippen molar-refractivity contribution in [1.29, 1.82) is 0 Å². The molecule has 0 atom stereocenters. The molecule has 134 valence electrons. The molecule has 1 aliphatic heterocycles. The largest absolute Gasteiger partial charge is 0.378 e. The van der Waals surface area contributed by atoms with Gasteiger partial charge in [0.25, 0.3) is 0 Å². The zero-order chi connectivity index (χ0) is 17.9. The third kappa shape index (κ3) is 4.33. The van der Waals surface area contributed by atoms with Crippen LogP contribution in [0.25, 0.3) is 0 Å². The molecule has 1 fully saturated rings. The third-order valence-electron chi connectivity index (χ3n) is 4.07. The van der Waals surface area contributed by atoms with Crippen molar-refractivity contribution >= 4 is 16.0 Å². The van der Waals surface area contributed by atoms with Crippen molar-refractivity contribution in [3.8, 4) is 0 Å². The Balaban J connectivity index is 1.73.